The maximum atomic E-state index is 3.81. The summed E-state index contributed by atoms with van der Waals surface area (Å²) < 4.78 is 0. The van der Waals surface area contributed by atoms with Gasteiger partial charge in [0.1, 0.15) is 0 Å². The molecule has 0 bridgehead atoms. The molecule has 1 aliphatic carbocycles. The minimum absolute atomic E-state index is 0.539. The molecule has 2 fully saturated rings. The monoisotopic (exact) mass is 252 g/mol. The van der Waals surface area contributed by atoms with Crippen LogP contribution in [0, 0.1) is 5.41 Å². The highest BCUT2D eigenvalue weighted by atomic mass is 15.2. The van der Waals surface area contributed by atoms with Gasteiger partial charge in [0.2, 0.25) is 0 Å². The van der Waals surface area contributed by atoms with Crippen molar-refractivity contribution in [2.45, 2.75) is 84.3 Å². The van der Waals surface area contributed by atoms with Crippen molar-refractivity contribution in [1.29, 1.82) is 0 Å². The summed E-state index contributed by atoms with van der Waals surface area (Å²) in [6.07, 6.45) is 8.17. The van der Waals surface area contributed by atoms with Crippen LogP contribution in [0.5, 0.6) is 0 Å². The summed E-state index contributed by atoms with van der Waals surface area (Å²) in [5.74, 6) is 0. The predicted octanol–water partition coefficient (Wildman–Crippen LogP) is 3.42. The lowest BCUT2D eigenvalue weighted by atomic mass is 9.72. The van der Waals surface area contributed by atoms with E-state index in [0.29, 0.717) is 5.41 Å². The van der Waals surface area contributed by atoms with Crippen molar-refractivity contribution in [1.82, 2.24) is 10.2 Å². The van der Waals surface area contributed by atoms with Gasteiger partial charge in [-0.3, -0.25) is 4.90 Å². The fourth-order valence-electron chi connectivity index (χ4n) is 3.91. The summed E-state index contributed by atoms with van der Waals surface area (Å²) in [5, 5.41) is 3.81. The number of rotatable bonds is 4. The Balaban J connectivity index is 2.03. The number of nitrogens with zero attached hydrogens (tertiary/aromatic N) is 1. The molecule has 1 saturated carbocycles. The lowest BCUT2D eigenvalue weighted by molar-refractivity contribution is 0.0608. The highest BCUT2D eigenvalue weighted by Gasteiger charge is 2.40. The molecule has 2 aliphatic rings. The van der Waals surface area contributed by atoms with Crippen LogP contribution >= 0.6 is 0 Å². The summed E-state index contributed by atoms with van der Waals surface area (Å²) in [5.41, 5.74) is 0.539. The van der Waals surface area contributed by atoms with Gasteiger partial charge in [-0.05, 0) is 64.0 Å². The third-order valence-corrected chi connectivity index (χ3v) is 5.05. The highest BCUT2D eigenvalue weighted by Crippen LogP contribution is 2.39. The number of hydrogen-bond donors (Lipinski definition) is 1. The molecular weight excluding hydrogens is 220 g/mol. The van der Waals surface area contributed by atoms with Gasteiger partial charge in [0.05, 0.1) is 0 Å². The molecule has 0 aromatic rings. The smallest absolute Gasteiger partial charge is 0.0257 e. The van der Waals surface area contributed by atoms with Crippen molar-refractivity contribution in [2.75, 3.05) is 13.1 Å². The molecule has 2 rings (SSSR count). The Kier molecular flexibility index (Phi) is 4.71. The minimum atomic E-state index is 0.539. The van der Waals surface area contributed by atoms with Crippen molar-refractivity contribution in [2.24, 2.45) is 5.41 Å². The lowest BCUT2D eigenvalue weighted by Crippen LogP contribution is -2.55. The Morgan fingerprint density at radius 1 is 1.28 bits per heavy atom. The van der Waals surface area contributed by atoms with Gasteiger partial charge in [-0.1, -0.05) is 20.8 Å². The first-order chi connectivity index (χ1) is 8.53. The third-order valence-electron chi connectivity index (χ3n) is 5.05. The van der Waals surface area contributed by atoms with E-state index in [1.807, 2.05) is 0 Å². The normalized spacial score (nSPS) is 37.0. The van der Waals surface area contributed by atoms with Gasteiger partial charge in [0, 0.05) is 18.1 Å². The molecule has 3 unspecified atom stereocenters. The van der Waals surface area contributed by atoms with Crippen molar-refractivity contribution < 1.29 is 0 Å². The Morgan fingerprint density at radius 2 is 2.06 bits per heavy atom. The standard InChI is InChI=1S/C16H32N2/c1-5-10-17-14-8-9-16(3,4)12-15(14)18-11-6-7-13(18)2/h13-15,17H,5-12H2,1-4H3. The van der Waals surface area contributed by atoms with Crippen LogP contribution in [0.4, 0.5) is 0 Å². The topological polar surface area (TPSA) is 15.3 Å². The summed E-state index contributed by atoms with van der Waals surface area (Å²) in [7, 11) is 0. The van der Waals surface area contributed by atoms with Crippen LogP contribution in [-0.2, 0) is 0 Å². The van der Waals surface area contributed by atoms with Gasteiger partial charge in [0.15, 0.2) is 0 Å². The van der Waals surface area contributed by atoms with Crippen LogP contribution in [0.15, 0.2) is 0 Å². The average Bonchev–Trinajstić information content (AvgIpc) is 2.73. The molecule has 2 heteroatoms. The molecule has 18 heavy (non-hydrogen) atoms. The fourth-order valence-corrected chi connectivity index (χ4v) is 3.91. The molecule has 106 valence electrons. The molecule has 0 radical (unpaired) electrons. The van der Waals surface area contributed by atoms with Gasteiger partial charge >= 0.3 is 0 Å². The molecule has 1 aliphatic heterocycles. The molecule has 0 aromatic carbocycles. The van der Waals surface area contributed by atoms with E-state index in [-0.39, 0.29) is 0 Å². The zero-order chi connectivity index (χ0) is 13.2. The van der Waals surface area contributed by atoms with E-state index < -0.39 is 0 Å². The van der Waals surface area contributed by atoms with E-state index in [2.05, 4.69) is 37.9 Å². The third kappa shape index (κ3) is 3.27. The first-order valence-electron chi connectivity index (χ1n) is 8.02. The second-order valence-corrected chi connectivity index (χ2v) is 7.26. The van der Waals surface area contributed by atoms with Gasteiger partial charge < -0.3 is 5.32 Å². The Morgan fingerprint density at radius 3 is 2.67 bits per heavy atom. The van der Waals surface area contributed by atoms with Crippen LogP contribution in [0.1, 0.15) is 66.2 Å². The van der Waals surface area contributed by atoms with Gasteiger partial charge in [-0.15, -0.1) is 0 Å². The lowest BCUT2D eigenvalue weighted by Gasteiger charge is -2.46. The van der Waals surface area contributed by atoms with Gasteiger partial charge in [0.25, 0.3) is 0 Å². The van der Waals surface area contributed by atoms with Crippen molar-refractivity contribution in [3.05, 3.63) is 0 Å². The van der Waals surface area contributed by atoms with Crippen LogP contribution in [0.25, 0.3) is 0 Å². The Bertz CT molecular complexity index is 262. The molecule has 2 nitrogen and oxygen atoms in total. The summed E-state index contributed by atoms with van der Waals surface area (Å²) in [6.45, 7) is 12.1. The predicted molar refractivity (Wildman–Crippen MR) is 78.9 cm³/mol. The molecular formula is C16H32N2. The maximum absolute atomic E-state index is 3.81. The van der Waals surface area contributed by atoms with E-state index >= 15 is 0 Å². The summed E-state index contributed by atoms with van der Waals surface area (Å²) in [6, 6.07) is 2.31. The number of hydrogen-bond acceptors (Lipinski definition) is 2. The van der Waals surface area contributed by atoms with E-state index in [4.69, 9.17) is 0 Å². The molecule has 0 amide bonds. The zero-order valence-electron chi connectivity index (χ0n) is 12.8. The maximum Gasteiger partial charge on any atom is 0.0257 e. The molecule has 1 heterocycles. The second kappa shape index (κ2) is 5.92. The van der Waals surface area contributed by atoms with Crippen LogP contribution < -0.4 is 5.32 Å². The van der Waals surface area contributed by atoms with E-state index in [1.165, 1.54) is 51.6 Å². The molecule has 3 atom stereocenters. The average molecular weight is 252 g/mol. The minimum Gasteiger partial charge on any atom is -0.312 e. The Hall–Kier alpha value is -0.0800. The van der Waals surface area contributed by atoms with Crippen molar-refractivity contribution in [3.63, 3.8) is 0 Å². The molecule has 1 saturated heterocycles. The summed E-state index contributed by atoms with van der Waals surface area (Å²) in [4.78, 5) is 2.80. The van der Waals surface area contributed by atoms with Crippen molar-refractivity contribution >= 4 is 0 Å². The van der Waals surface area contributed by atoms with Gasteiger partial charge in [-0.25, -0.2) is 0 Å². The van der Waals surface area contributed by atoms with Crippen LogP contribution in [-0.4, -0.2) is 36.1 Å². The first kappa shape index (κ1) is 14.3. The SMILES string of the molecule is CCCNC1CCC(C)(C)CC1N1CCCC1C. The number of likely N-dealkylation sites (tertiary alicyclic amines) is 1. The van der Waals surface area contributed by atoms with E-state index in [9.17, 15) is 0 Å². The fraction of sp³-hybridized carbons (Fsp3) is 1.00. The first-order valence-corrected chi connectivity index (χ1v) is 8.02. The van der Waals surface area contributed by atoms with E-state index in [1.54, 1.807) is 0 Å². The molecule has 0 spiro atoms. The Labute approximate surface area is 114 Å². The largest absolute Gasteiger partial charge is 0.312 e. The quantitative estimate of drug-likeness (QED) is 0.825. The van der Waals surface area contributed by atoms with Crippen LogP contribution in [0.3, 0.4) is 0 Å². The summed E-state index contributed by atoms with van der Waals surface area (Å²) >= 11 is 0. The van der Waals surface area contributed by atoms with Crippen molar-refractivity contribution in [3.8, 4) is 0 Å². The number of nitrogens with one attached hydrogen (secondary N) is 1. The van der Waals surface area contributed by atoms with Crippen LogP contribution in [0.2, 0.25) is 0 Å². The zero-order valence-corrected chi connectivity index (χ0v) is 12.8. The second-order valence-electron chi connectivity index (χ2n) is 7.26. The molecule has 1 N–H and O–H groups in total. The molecule has 0 aromatic heterocycles. The highest BCUT2D eigenvalue weighted by molar-refractivity contribution is 4.97. The van der Waals surface area contributed by atoms with Gasteiger partial charge in [-0.2, -0.15) is 0 Å². The van der Waals surface area contributed by atoms with E-state index in [0.717, 1.165) is 18.1 Å².